The normalized spacial score (nSPS) is 10.1. The van der Waals surface area contributed by atoms with Gasteiger partial charge in [-0.15, -0.1) is 11.8 Å². The Morgan fingerprint density at radius 1 is 1.57 bits per heavy atom. The Hall–Kier alpha value is -0.740. The molecule has 0 fully saturated rings. The number of carboxylic acid groups (broad SMARTS) is 1. The average molecular weight is 235 g/mol. The van der Waals surface area contributed by atoms with E-state index in [1.54, 1.807) is 6.07 Å². The zero-order valence-corrected chi connectivity index (χ0v) is 8.74. The van der Waals surface area contributed by atoms with Crippen LogP contribution in [-0.2, 0) is 10.5 Å². The van der Waals surface area contributed by atoms with E-state index in [2.05, 4.69) is 0 Å². The van der Waals surface area contributed by atoms with Gasteiger partial charge in [0.25, 0.3) is 0 Å². The van der Waals surface area contributed by atoms with Crippen LogP contribution in [0.4, 0.5) is 4.39 Å². The smallest absolute Gasteiger partial charge is 0.313 e. The van der Waals surface area contributed by atoms with E-state index in [-0.39, 0.29) is 10.8 Å². The first-order valence-corrected chi connectivity index (χ1v) is 5.36. The molecule has 5 heteroatoms. The minimum atomic E-state index is -0.858. The van der Waals surface area contributed by atoms with Crippen LogP contribution >= 0.6 is 23.4 Å². The Morgan fingerprint density at radius 3 is 2.86 bits per heavy atom. The Balaban J connectivity index is 2.51. The molecule has 0 aliphatic rings. The SMILES string of the molecule is O=C(O)CSCc1ccc(F)c(Cl)c1. The van der Waals surface area contributed by atoms with Crippen LogP contribution in [0.3, 0.4) is 0 Å². The lowest BCUT2D eigenvalue weighted by Gasteiger charge is -2.00. The Labute approximate surface area is 90.1 Å². The maximum absolute atomic E-state index is 12.7. The van der Waals surface area contributed by atoms with Crippen molar-refractivity contribution in [1.82, 2.24) is 0 Å². The molecule has 0 atom stereocenters. The number of rotatable bonds is 4. The number of hydrogen-bond donors (Lipinski definition) is 1. The van der Waals surface area contributed by atoms with Crippen molar-refractivity contribution in [2.75, 3.05) is 5.75 Å². The molecule has 0 amide bonds. The number of carbonyl (C=O) groups is 1. The summed E-state index contributed by atoms with van der Waals surface area (Å²) in [5, 5.41) is 8.45. The molecule has 1 N–H and O–H groups in total. The van der Waals surface area contributed by atoms with Gasteiger partial charge < -0.3 is 5.11 Å². The highest BCUT2D eigenvalue weighted by atomic mass is 35.5. The monoisotopic (exact) mass is 234 g/mol. The largest absolute Gasteiger partial charge is 0.481 e. The van der Waals surface area contributed by atoms with Crippen molar-refractivity contribution in [1.29, 1.82) is 0 Å². The van der Waals surface area contributed by atoms with E-state index in [0.29, 0.717) is 5.75 Å². The third kappa shape index (κ3) is 3.55. The molecule has 1 aromatic carbocycles. The molecule has 0 spiro atoms. The summed E-state index contributed by atoms with van der Waals surface area (Å²) in [4.78, 5) is 10.2. The van der Waals surface area contributed by atoms with E-state index in [4.69, 9.17) is 16.7 Å². The van der Waals surface area contributed by atoms with Gasteiger partial charge in [-0.3, -0.25) is 4.79 Å². The molecule has 0 unspecified atom stereocenters. The van der Waals surface area contributed by atoms with E-state index in [0.717, 1.165) is 5.56 Å². The third-order valence-corrected chi connectivity index (χ3v) is 2.76. The van der Waals surface area contributed by atoms with Crippen LogP contribution in [0.5, 0.6) is 0 Å². The topological polar surface area (TPSA) is 37.3 Å². The summed E-state index contributed by atoms with van der Waals surface area (Å²) in [6.07, 6.45) is 0. The number of thioether (sulfide) groups is 1. The van der Waals surface area contributed by atoms with Crippen molar-refractivity contribution >= 4 is 29.3 Å². The zero-order valence-electron chi connectivity index (χ0n) is 7.17. The van der Waals surface area contributed by atoms with E-state index >= 15 is 0 Å². The average Bonchev–Trinajstić information content (AvgIpc) is 2.10. The summed E-state index contributed by atoms with van der Waals surface area (Å²) >= 11 is 6.80. The van der Waals surface area contributed by atoms with Gasteiger partial charge in [-0.25, -0.2) is 4.39 Å². The Morgan fingerprint density at radius 2 is 2.29 bits per heavy atom. The van der Waals surface area contributed by atoms with Crippen LogP contribution in [-0.4, -0.2) is 16.8 Å². The lowest BCUT2D eigenvalue weighted by Crippen LogP contribution is -1.98. The van der Waals surface area contributed by atoms with Crippen molar-refractivity contribution in [3.05, 3.63) is 34.6 Å². The summed E-state index contributed by atoms with van der Waals surface area (Å²) in [6.45, 7) is 0. The van der Waals surface area contributed by atoms with Gasteiger partial charge in [0.15, 0.2) is 0 Å². The Bertz CT molecular complexity index is 344. The highest BCUT2D eigenvalue weighted by Gasteiger charge is 2.02. The summed E-state index contributed by atoms with van der Waals surface area (Å²) in [5.41, 5.74) is 0.822. The number of halogens is 2. The summed E-state index contributed by atoms with van der Waals surface area (Å²) in [5.74, 6) is -0.761. The first-order valence-electron chi connectivity index (χ1n) is 3.83. The van der Waals surface area contributed by atoms with E-state index in [1.165, 1.54) is 23.9 Å². The van der Waals surface area contributed by atoms with Gasteiger partial charge in [0.2, 0.25) is 0 Å². The van der Waals surface area contributed by atoms with Crippen LogP contribution < -0.4 is 0 Å². The quantitative estimate of drug-likeness (QED) is 0.871. The molecule has 0 bridgehead atoms. The van der Waals surface area contributed by atoms with Crippen LogP contribution in [0, 0.1) is 5.82 Å². The molecule has 0 aliphatic heterocycles. The van der Waals surface area contributed by atoms with E-state index < -0.39 is 11.8 Å². The summed E-state index contributed by atoms with van der Waals surface area (Å²) < 4.78 is 12.7. The molecular formula is C9H8ClFO2S. The molecule has 0 aromatic heterocycles. The third-order valence-electron chi connectivity index (χ3n) is 1.48. The summed E-state index contributed by atoms with van der Waals surface area (Å²) in [7, 11) is 0. The molecule has 0 aliphatic carbocycles. The van der Waals surface area contributed by atoms with Gasteiger partial charge in [-0.05, 0) is 17.7 Å². The fraction of sp³-hybridized carbons (Fsp3) is 0.222. The molecule has 76 valence electrons. The van der Waals surface area contributed by atoms with Crippen molar-refractivity contribution in [3.8, 4) is 0 Å². The van der Waals surface area contributed by atoms with Crippen LogP contribution in [0.15, 0.2) is 18.2 Å². The number of aliphatic carboxylic acids is 1. The van der Waals surface area contributed by atoms with Crippen LogP contribution in [0.25, 0.3) is 0 Å². The fourth-order valence-corrected chi connectivity index (χ4v) is 1.78. The number of benzene rings is 1. The van der Waals surface area contributed by atoms with E-state index in [1.807, 2.05) is 0 Å². The van der Waals surface area contributed by atoms with Gasteiger partial charge in [-0.1, -0.05) is 17.7 Å². The van der Waals surface area contributed by atoms with Gasteiger partial charge in [0.05, 0.1) is 10.8 Å². The lowest BCUT2D eigenvalue weighted by atomic mass is 10.2. The molecule has 0 heterocycles. The molecule has 1 rings (SSSR count). The lowest BCUT2D eigenvalue weighted by molar-refractivity contribution is -0.133. The number of carboxylic acids is 1. The fourth-order valence-electron chi connectivity index (χ4n) is 0.886. The molecular weight excluding hydrogens is 227 g/mol. The first kappa shape index (κ1) is 11.3. The molecule has 0 radical (unpaired) electrons. The molecule has 0 saturated carbocycles. The minimum absolute atomic E-state index is 0.0367. The maximum atomic E-state index is 12.7. The molecule has 2 nitrogen and oxygen atoms in total. The predicted octanol–water partition coefficient (Wildman–Crippen LogP) is 2.80. The minimum Gasteiger partial charge on any atom is -0.481 e. The molecule has 14 heavy (non-hydrogen) atoms. The van der Waals surface area contributed by atoms with Crippen LogP contribution in [0.2, 0.25) is 5.02 Å². The predicted molar refractivity (Wildman–Crippen MR) is 55.2 cm³/mol. The van der Waals surface area contributed by atoms with Crippen molar-refractivity contribution in [2.24, 2.45) is 0 Å². The second kappa shape index (κ2) is 5.22. The zero-order chi connectivity index (χ0) is 10.6. The summed E-state index contributed by atoms with van der Waals surface area (Å²) in [6, 6.07) is 4.38. The van der Waals surface area contributed by atoms with Gasteiger partial charge in [0.1, 0.15) is 5.82 Å². The van der Waals surface area contributed by atoms with Crippen molar-refractivity contribution < 1.29 is 14.3 Å². The van der Waals surface area contributed by atoms with Gasteiger partial charge in [0, 0.05) is 5.75 Å². The highest BCUT2D eigenvalue weighted by molar-refractivity contribution is 7.99. The molecule has 0 saturated heterocycles. The van der Waals surface area contributed by atoms with Gasteiger partial charge in [-0.2, -0.15) is 0 Å². The Kier molecular flexibility index (Phi) is 4.22. The number of hydrogen-bond acceptors (Lipinski definition) is 2. The van der Waals surface area contributed by atoms with Gasteiger partial charge >= 0.3 is 5.97 Å². The first-order chi connectivity index (χ1) is 6.59. The van der Waals surface area contributed by atoms with E-state index in [9.17, 15) is 9.18 Å². The van der Waals surface area contributed by atoms with Crippen molar-refractivity contribution in [2.45, 2.75) is 5.75 Å². The highest BCUT2D eigenvalue weighted by Crippen LogP contribution is 2.19. The molecule has 1 aromatic rings. The standard InChI is InChI=1S/C9H8ClFO2S/c10-7-3-6(1-2-8(7)11)4-14-5-9(12)13/h1-3H,4-5H2,(H,12,13). The maximum Gasteiger partial charge on any atom is 0.313 e. The van der Waals surface area contributed by atoms with Crippen LogP contribution in [0.1, 0.15) is 5.56 Å². The second-order valence-corrected chi connectivity index (χ2v) is 4.03. The second-order valence-electron chi connectivity index (χ2n) is 2.63. The van der Waals surface area contributed by atoms with Crippen molar-refractivity contribution in [3.63, 3.8) is 0 Å².